The molecular formula is C11H9ClN4O. The standard InChI is InChI=1S/C11H9ClN4O/c12-5-6-16-11-14-9-4-2-1-3-8(9)10(17)15(11)7-13-16/h1-4,7H,5-6H2. The highest BCUT2D eigenvalue weighted by Crippen LogP contribution is 2.08. The Balaban J connectivity index is 2.44. The quantitative estimate of drug-likeness (QED) is 0.642. The molecular weight excluding hydrogens is 240 g/mol. The molecule has 5 nitrogen and oxygen atoms in total. The first-order chi connectivity index (χ1) is 8.31. The van der Waals surface area contributed by atoms with Crippen molar-refractivity contribution in [3.05, 3.63) is 40.9 Å². The van der Waals surface area contributed by atoms with E-state index in [4.69, 9.17) is 11.6 Å². The molecule has 0 radical (unpaired) electrons. The van der Waals surface area contributed by atoms with Gasteiger partial charge >= 0.3 is 0 Å². The van der Waals surface area contributed by atoms with Crippen LogP contribution in [0.3, 0.4) is 0 Å². The molecule has 0 unspecified atom stereocenters. The molecule has 1 aromatic carbocycles. The summed E-state index contributed by atoms with van der Waals surface area (Å²) in [7, 11) is 0. The molecule has 0 saturated heterocycles. The van der Waals surface area contributed by atoms with Crippen LogP contribution in [0.5, 0.6) is 0 Å². The van der Waals surface area contributed by atoms with Crippen molar-refractivity contribution in [3.8, 4) is 0 Å². The minimum atomic E-state index is -0.105. The van der Waals surface area contributed by atoms with Gasteiger partial charge in [0.15, 0.2) is 0 Å². The van der Waals surface area contributed by atoms with E-state index in [0.29, 0.717) is 29.1 Å². The molecule has 0 bridgehead atoms. The van der Waals surface area contributed by atoms with E-state index in [9.17, 15) is 4.79 Å². The van der Waals surface area contributed by atoms with Crippen molar-refractivity contribution in [1.29, 1.82) is 0 Å². The van der Waals surface area contributed by atoms with Crippen LogP contribution in [0.4, 0.5) is 0 Å². The van der Waals surface area contributed by atoms with Crippen molar-refractivity contribution >= 4 is 28.3 Å². The monoisotopic (exact) mass is 248 g/mol. The van der Waals surface area contributed by atoms with E-state index in [1.165, 1.54) is 10.7 Å². The zero-order valence-corrected chi connectivity index (χ0v) is 9.63. The summed E-state index contributed by atoms with van der Waals surface area (Å²) in [5.74, 6) is 0.953. The van der Waals surface area contributed by atoms with Gasteiger partial charge in [0.2, 0.25) is 5.78 Å². The van der Waals surface area contributed by atoms with Crippen molar-refractivity contribution in [1.82, 2.24) is 19.2 Å². The minimum Gasteiger partial charge on any atom is -0.268 e. The van der Waals surface area contributed by atoms with Crippen molar-refractivity contribution in [2.45, 2.75) is 6.54 Å². The SMILES string of the molecule is O=c1c2ccccc2nc2n(CCCl)ncn12. The molecule has 0 aliphatic rings. The van der Waals surface area contributed by atoms with Gasteiger partial charge in [-0.2, -0.15) is 5.10 Å². The number of rotatable bonds is 2. The van der Waals surface area contributed by atoms with Gasteiger partial charge in [0, 0.05) is 5.88 Å². The number of hydrogen-bond acceptors (Lipinski definition) is 3. The average Bonchev–Trinajstić information content (AvgIpc) is 2.74. The predicted molar refractivity (Wildman–Crippen MR) is 65.5 cm³/mol. The Kier molecular flexibility index (Phi) is 2.33. The fourth-order valence-corrected chi connectivity index (χ4v) is 1.98. The van der Waals surface area contributed by atoms with Crippen LogP contribution in [0, 0.1) is 0 Å². The Morgan fingerprint density at radius 2 is 2.12 bits per heavy atom. The maximum atomic E-state index is 12.1. The number of aryl methyl sites for hydroxylation is 1. The highest BCUT2D eigenvalue weighted by Gasteiger charge is 2.08. The van der Waals surface area contributed by atoms with Gasteiger partial charge in [-0.05, 0) is 12.1 Å². The second-order valence-electron chi connectivity index (χ2n) is 3.65. The average molecular weight is 249 g/mol. The zero-order valence-electron chi connectivity index (χ0n) is 8.88. The topological polar surface area (TPSA) is 52.2 Å². The third-order valence-electron chi connectivity index (χ3n) is 2.62. The molecule has 0 amide bonds. The fourth-order valence-electron chi connectivity index (χ4n) is 1.82. The van der Waals surface area contributed by atoms with E-state index < -0.39 is 0 Å². The van der Waals surface area contributed by atoms with Gasteiger partial charge < -0.3 is 0 Å². The summed E-state index contributed by atoms with van der Waals surface area (Å²) in [5.41, 5.74) is 0.570. The summed E-state index contributed by atoms with van der Waals surface area (Å²) in [5, 5.41) is 4.69. The van der Waals surface area contributed by atoms with Crippen molar-refractivity contribution in [2.75, 3.05) is 5.88 Å². The number of halogens is 1. The molecule has 3 rings (SSSR count). The lowest BCUT2D eigenvalue weighted by Gasteiger charge is -2.00. The van der Waals surface area contributed by atoms with E-state index in [2.05, 4.69) is 10.1 Å². The van der Waals surface area contributed by atoms with Crippen LogP contribution < -0.4 is 5.56 Å². The first-order valence-electron chi connectivity index (χ1n) is 5.20. The van der Waals surface area contributed by atoms with E-state index in [-0.39, 0.29) is 5.56 Å². The Morgan fingerprint density at radius 3 is 2.94 bits per heavy atom. The number of alkyl halides is 1. The molecule has 0 aliphatic heterocycles. The number of fused-ring (bicyclic) bond motifs is 2. The van der Waals surface area contributed by atoms with Crippen LogP contribution >= 0.6 is 11.6 Å². The van der Waals surface area contributed by atoms with Crippen LogP contribution in [0.2, 0.25) is 0 Å². The smallest absolute Gasteiger partial charge is 0.268 e. The normalized spacial score (nSPS) is 11.4. The Bertz CT molecular complexity index is 746. The molecule has 3 aromatic rings. The summed E-state index contributed by atoms with van der Waals surface area (Å²) in [6.45, 7) is 0.531. The predicted octanol–water partition coefficient (Wildman–Crippen LogP) is 1.28. The number of benzene rings is 1. The fraction of sp³-hybridized carbons (Fsp3) is 0.182. The van der Waals surface area contributed by atoms with Gasteiger partial charge in [-0.25, -0.2) is 14.1 Å². The Labute approximate surface area is 101 Å². The van der Waals surface area contributed by atoms with Crippen LogP contribution in [-0.4, -0.2) is 25.0 Å². The van der Waals surface area contributed by atoms with Crippen LogP contribution in [-0.2, 0) is 6.54 Å². The van der Waals surface area contributed by atoms with Gasteiger partial charge in [-0.15, -0.1) is 11.6 Å². The molecule has 0 atom stereocenters. The lowest BCUT2D eigenvalue weighted by molar-refractivity contribution is 0.680. The van der Waals surface area contributed by atoms with Gasteiger partial charge in [-0.1, -0.05) is 12.1 Å². The van der Waals surface area contributed by atoms with Crippen LogP contribution in [0.25, 0.3) is 16.7 Å². The van der Waals surface area contributed by atoms with Crippen molar-refractivity contribution in [2.24, 2.45) is 0 Å². The summed E-state index contributed by atoms with van der Waals surface area (Å²) in [6.07, 6.45) is 1.48. The van der Waals surface area contributed by atoms with E-state index in [1.54, 1.807) is 10.7 Å². The largest absolute Gasteiger partial charge is 0.268 e. The first-order valence-corrected chi connectivity index (χ1v) is 5.73. The molecule has 0 saturated carbocycles. The number of aromatic nitrogens is 4. The number of hydrogen-bond donors (Lipinski definition) is 0. The second kappa shape index (κ2) is 3.85. The highest BCUT2D eigenvalue weighted by molar-refractivity contribution is 6.17. The Hall–Kier alpha value is -1.88. The van der Waals surface area contributed by atoms with E-state index in [0.717, 1.165) is 0 Å². The molecule has 0 fully saturated rings. The summed E-state index contributed by atoms with van der Waals surface area (Å²) in [4.78, 5) is 16.6. The molecule has 0 spiro atoms. The number of nitrogens with zero attached hydrogens (tertiary/aromatic N) is 4. The molecule has 2 aromatic heterocycles. The summed E-state index contributed by atoms with van der Waals surface area (Å²) in [6, 6.07) is 7.25. The number of para-hydroxylation sites is 1. The van der Waals surface area contributed by atoms with E-state index >= 15 is 0 Å². The lowest BCUT2D eigenvalue weighted by atomic mass is 10.2. The summed E-state index contributed by atoms with van der Waals surface area (Å²) >= 11 is 5.68. The zero-order chi connectivity index (χ0) is 11.8. The Morgan fingerprint density at radius 1 is 1.29 bits per heavy atom. The van der Waals surface area contributed by atoms with Gasteiger partial charge in [0.1, 0.15) is 6.33 Å². The minimum absolute atomic E-state index is 0.105. The van der Waals surface area contributed by atoms with Crippen LogP contribution in [0.1, 0.15) is 0 Å². The van der Waals surface area contributed by atoms with Crippen LogP contribution in [0.15, 0.2) is 35.4 Å². The van der Waals surface area contributed by atoms with Gasteiger partial charge in [0.05, 0.1) is 17.4 Å². The maximum absolute atomic E-state index is 12.1. The molecule has 2 heterocycles. The molecule has 86 valence electrons. The molecule has 0 aliphatic carbocycles. The third-order valence-corrected chi connectivity index (χ3v) is 2.79. The maximum Gasteiger partial charge on any atom is 0.268 e. The first kappa shape index (κ1) is 10.3. The third kappa shape index (κ3) is 1.51. The molecule has 6 heteroatoms. The van der Waals surface area contributed by atoms with E-state index in [1.807, 2.05) is 18.2 Å². The van der Waals surface area contributed by atoms with Crippen molar-refractivity contribution < 1.29 is 0 Å². The van der Waals surface area contributed by atoms with Gasteiger partial charge in [-0.3, -0.25) is 4.79 Å². The van der Waals surface area contributed by atoms with Crippen molar-refractivity contribution in [3.63, 3.8) is 0 Å². The second-order valence-corrected chi connectivity index (χ2v) is 4.03. The lowest BCUT2D eigenvalue weighted by Crippen LogP contribution is -2.15. The summed E-state index contributed by atoms with van der Waals surface area (Å²) < 4.78 is 3.07. The van der Waals surface area contributed by atoms with Gasteiger partial charge in [0.25, 0.3) is 5.56 Å². The molecule has 0 N–H and O–H groups in total. The molecule has 17 heavy (non-hydrogen) atoms. The highest BCUT2D eigenvalue weighted by atomic mass is 35.5.